The van der Waals surface area contributed by atoms with Gasteiger partial charge >= 0.3 is 0 Å². The lowest BCUT2D eigenvalue weighted by Gasteiger charge is -2.37. The van der Waals surface area contributed by atoms with E-state index in [1.54, 1.807) is 0 Å². The van der Waals surface area contributed by atoms with Crippen molar-refractivity contribution in [2.24, 2.45) is 11.7 Å². The van der Waals surface area contributed by atoms with E-state index < -0.39 is 0 Å². The molecule has 2 unspecified atom stereocenters. The maximum atomic E-state index is 11.4. The summed E-state index contributed by atoms with van der Waals surface area (Å²) >= 11 is 0. The van der Waals surface area contributed by atoms with Gasteiger partial charge in [0.25, 0.3) is 0 Å². The highest BCUT2D eigenvalue weighted by Crippen LogP contribution is 2.21. The van der Waals surface area contributed by atoms with Crippen molar-refractivity contribution in [2.75, 3.05) is 26.2 Å². The van der Waals surface area contributed by atoms with E-state index in [1.807, 2.05) is 6.92 Å². The first-order chi connectivity index (χ1) is 7.67. The number of likely N-dealkylation sites (tertiary alicyclic amines) is 1. The first kappa shape index (κ1) is 13.5. The minimum Gasteiger partial charge on any atom is -0.356 e. The van der Waals surface area contributed by atoms with Gasteiger partial charge in [-0.25, -0.2) is 0 Å². The Kier molecular flexibility index (Phi) is 5.77. The summed E-state index contributed by atoms with van der Waals surface area (Å²) in [4.78, 5) is 13.7. The zero-order valence-corrected chi connectivity index (χ0v) is 10.5. The Hall–Kier alpha value is -0.610. The fraction of sp³-hybridized carbons (Fsp3) is 0.917. The molecule has 1 fully saturated rings. The lowest BCUT2D eigenvalue weighted by atomic mass is 9.92. The second kappa shape index (κ2) is 6.86. The van der Waals surface area contributed by atoms with Gasteiger partial charge in [0.2, 0.25) is 5.91 Å². The van der Waals surface area contributed by atoms with Gasteiger partial charge in [-0.05, 0) is 32.2 Å². The molecule has 1 heterocycles. The Labute approximate surface area is 98.6 Å². The van der Waals surface area contributed by atoms with Crippen molar-refractivity contribution in [2.45, 2.75) is 39.2 Å². The molecule has 1 aliphatic heterocycles. The molecule has 0 aromatic carbocycles. The lowest BCUT2D eigenvalue weighted by Crippen LogP contribution is -2.47. The molecule has 0 aromatic heterocycles. The molecule has 3 N–H and O–H groups in total. The number of carbonyl (C=O) groups excluding carboxylic acids is 1. The minimum atomic E-state index is 0.150. The Morgan fingerprint density at radius 2 is 2.31 bits per heavy atom. The molecule has 4 heteroatoms. The summed E-state index contributed by atoms with van der Waals surface area (Å²) in [5.41, 5.74) is 5.78. The molecular weight excluding hydrogens is 202 g/mol. The zero-order valence-electron chi connectivity index (χ0n) is 10.5. The third-order valence-electron chi connectivity index (χ3n) is 3.37. The van der Waals surface area contributed by atoms with E-state index in [-0.39, 0.29) is 5.91 Å². The van der Waals surface area contributed by atoms with Crippen LogP contribution in [0.25, 0.3) is 0 Å². The minimum absolute atomic E-state index is 0.150. The predicted molar refractivity (Wildman–Crippen MR) is 66.1 cm³/mol. The number of amides is 1. The van der Waals surface area contributed by atoms with E-state index in [9.17, 15) is 4.79 Å². The van der Waals surface area contributed by atoms with Crippen molar-refractivity contribution in [1.82, 2.24) is 10.2 Å². The first-order valence-electron chi connectivity index (χ1n) is 6.38. The molecule has 0 aromatic rings. The van der Waals surface area contributed by atoms with Gasteiger partial charge in [-0.15, -0.1) is 0 Å². The fourth-order valence-corrected chi connectivity index (χ4v) is 2.37. The van der Waals surface area contributed by atoms with Crippen LogP contribution in [-0.2, 0) is 4.79 Å². The van der Waals surface area contributed by atoms with E-state index in [2.05, 4.69) is 17.1 Å². The number of nitrogens with two attached hydrogens (primary N) is 1. The van der Waals surface area contributed by atoms with Crippen molar-refractivity contribution in [3.05, 3.63) is 0 Å². The third kappa shape index (κ3) is 4.10. The van der Waals surface area contributed by atoms with Crippen LogP contribution in [0.2, 0.25) is 0 Å². The summed E-state index contributed by atoms with van der Waals surface area (Å²) in [6.45, 7) is 7.59. The smallest absolute Gasteiger partial charge is 0.221 e. The molecule has 1 saturated heterocycles. The molecule has 2 atom stereocenters. The monoisotopic (exact) mass is 227 g/mol. The van der Waals surface area contributed by atoms with Crippen molar-refractivity contribution in [3.8, 4) is 0 Å². The number of rotatable bonds is 5. The van der Waals surface area contributed by atoms with Crippen molar-refractivity contribution in [3.63, 3.8) is 0 Å². The second-order valence-corrected chi connectivity index (χ2v) is 4.76. The Morgan fingerprint density at radius 3 is 2.94 bits per heavy atom. The van der Waals surface area contributed by atoms with Crippen LogP contribution in [0, 0.1) is 5.92 Å². The van der Waals surface area contributed by atoms with Crippen molar-refractivity contribution >= 4 is 5.91 Å². The molecule has 0 saturated carbocycles. The molecule has 4 nitrogen and oxygen atoms in total. The summed E-state index contributed by atoms with van der Waals surface area (Å²) in [6.07, 6.45) is 3.00. The average molecular weight is 227 g/mol. The maximum Gasteiger partial charge on any atom is 0.221 e. The van der Waals surface area contributed by atoms with Crippen LogP contribution in [0.5, 0.6) is 0 Å². The van der Waals surface area contributed by atoms with Crippen LogP contribution in [0.3, 0.4) is 0 Å². The molecule has 0 aliphatic carbocycles. The highest BCUT2D eigenvalue weighted by Gasteiger charge is 2.25. The van der Waals surface area contributed by atoms with Gasteiger partial charge in [-0.3, -0.25) is 9.69 Å². The van der Waals surface area contributed by atoms with Crippen LogP contribution in [0.15, 0.2) is 0 Å². The molecule has 94 valence electrons. The number of nitrogens with one attached hydrogen (secondary N) is 1. The van der Waals surface area contributed by atoms with E-state index in [4.69, 9.17) is 5.73 Å². The Balaban J connectivity index is 2.31. The highest BCUT2D eigenvalue weighted by molar-refractivity contribution is 5.75. The molecule has 0 spiro atoms. The fourth-order valence-electron chi connectivity index (χ4n) is 2.37. The number of piperidine rings is 1. The summed E-state index contributed by atoms with van der Waals surface area (Å²) in [5.74, 6) is 0.922. The van der Waals surface area contributed by atoms with E-state index in [1.165, 1.54) is 12.8 Å². The first-order valence-corrected chi connectivity index (χ1v) is 6.38. The van der Waals surface area contributed by atoms with Crippen LogP contribution in [0.4, 0.5) is 0 Å². The quantitative estimate of drug-likeness (QED) is 0.722. The highest BCUT2D eigenvalue weighted by atomic mass is 16.1. The average Bonchev–Trinajstić information content (AvgIpc) is 2.27. The summed E-state index contributed by atoms with van der Waals surface area (Å²) in [6, 6.07) is 0.471. The Bertz CT molecular complexity index is 220. The number of nitrogens with zero attached hydrogens (tertiary/aromatic N) is 1. The normalized spacial score (nSPS) is 26.7. The van der Waals surface area contributed by atoms with Crippen LogP contribution in [0.1, 0.15) is 33.1 Å². The van der Waals surface area contributed by atoms with Gasteiger partial charge in [0.05, 0.1) is 0 Å². The van der Waals surface area contributed by atoms with Gasteiger partial charge in [-0.1, -0.05) is 6.92 Å². The number of hydrogen-bond acceptors (Lipinski definition) is 3. The topological polar surface area (TPSA) is 58.4 Å². The SMILES string of the molecule is CCNC(=O)CCN1CCC(C)CC1CN. The molecule has 16 heavy (non-hydrogen) atoms. The van der Waals surface area contributed by atoms with E-state index >= 15 is 0 Å². The van der Waals surface area contributed by atoms with Crippen LogP contribution in [-0.4, -0.2) is 43.0 Å². The molecule has 1 amide bonds. The maximum absolute atomic E-state index is 11.4. The summed E-state index contributed by atoms with van der Waals surface area (Å²) in [7, 11) is 0. The molecule has 1 aliphatic rings. The van der Waals surface area contributed by atoms with E-state index in [0.717, 1.165) is 25.6 Å². The summed E-state index contributed by atoms with van der Waals surface area (Å²) < 4.78 is 0. The van der Waals surface area contributed by atoms with Gasteiger partial charge in [0.1, 0.15) is 0 Å². The van der Waals surface area contributed by atoms with Crippen LogP contribution < -0.4 is 11.1 Å². The van der Waals surface area contributed by atoms with Crippen LogP contribution >= 0.6 is 0 Å². The zero-order chi connectivity index (χ0) is 12.0. The lowest BCUT2D eigenvalue weighted by molar-refractivity contribution is -0.121. The van der Waals surface area contributed by atoms with Crippen molar-refractivity contribution in [1.29, 1.82) is 0 Å². The predicted octanol–water partition coefficient (Wildman–Crippen LogP) is 0.572. The Morgan fingerprint density at radius 1 is 1.56 bits per heavy atom. The van der Waals surface area contributed by atoms with Crippen molar-refractivity contribution < 1.29 is 4.79 Å². The third-order valence-corrected chi connectivity index (χ3v) is 3.37. The molecule has 0 bridgehead atoms. The van der Waals surface area contributed by atoms with Gasteiger partial charge in [0, 0.05) is 32.1 Å². The molecular formula is C12H25N3O. The molecule has 0 radical (unpaired) electrons. The summed E-state index contributed by atoms with van der Waals surface area (Å²) in [5, 5.41) is 2.83. The number of carbonyl (C=O) groups is 1. The van der Waals surface area contributed by atoms with E-state index in [0.29, 0.717) is 19.0 Å². The standard InChI is InChI=1S/C12H25N3O/c1-3-14-12(16)5-7-15-6-4-10(2)8-11(15)9-13/h10-11H,3-9,13H2,1-2H3,(H,14,16). The molecule has 1 rings (SSSR count). The second-order valence-electron chi connectivity index (χ2n) is 4.76. The van der Waals surface area contributed by atoms with Gasteiger partial charge < -0.3 is 11.1 Å². The van der Waals surface area contributed by atoms with Gasteiger partial charge in [-0.2, -0.15) is 0 Å². The largest absolute Gasteiger partial charge is 0.356 e. The van der Waals surface area contributed by atoms with Gasteiger partial charge in [0.15, 0.2) is 0 Å². The number of hydrogen-bond donors (Lipinski definition) is 2.